The average Bonchev–Trinajstić information content (AvgIpc) is 2.18. The van der Waals surface area contributed by atoms with Crippen molar-refractivity contribution in [2.45, 2.75) is 12.8 Å². The number of nitrogens with zero attached hydrogens (tertiary/aromatic N) is 1. The molecule has 0 aliphatic carbocycles. The van der Waals surface area contributed by atoms with E-state index in [1.54, 1.807) is 10.4 Å². The fourth-order valence-electron chi connectivity index (χ4n) is 1.56. The van der Waals surface area contributed by atoms with Gasteiger partial charge in [0.2, 0.25) is 5.91 Å². The van der Waals surface area contributed by atoms with Gasteiger partial charge in [-0.2, -0.15) is 5.48 Å². The summed E-state index contributed by atoms with van der Waals surface area (Å²) in [7, 11) is 0. The van der Waals surface area contributed by atoms with Crippen LogP contribution in [0.5, 0.6) is 0 Å². The molecule has 0 aromatic heterocycles. The molecule has 1 amide bonds. The van der Waals surface area contributed by atoms with E-state index < -0.39 is 5.97 Å². The van der Waals surface area contributed by atoms with Crippen molar-refractivity contribution in [3.8, 4) is 0 Å². The van der Waals surface area contributed by atoms with E-state index in [1.165, 1.54) is 0 Å². The molecule has 0 radical (unpaired) electrons. The van der Waals surface area contributed by atoms with Gasteiger partial charge in [0, 0.05) is 13.1 Å². The summed E-state index contributed by atoms with van der Waals surface area (Å²) in [6.45, 7) is 0.798. The summed E-state index contributed by atoms with van der Waals surface area (Å²) in [6, 6.07) is 0. The molecule has 1 heterocycles. The fraction of sp³-hybridized carbons (Fsp3) is 0.750. The van der Waals surface area contributed by atoms with Crippen LogP contribution in [0.25, 0.3) is 0 Å². The van der Waals surface area contributed by atoms with Crippen LogP contribution in [0.15, 0.2) is 0 Å². The highest BCUT2D eigenvalue weighted by molar-refractivity contribution is 5.78. The fourth-order valence-corrected chi connectivity index (χ4v) is 1.56. The molecule has 1 rings (SSSR count). The second kappa shape index (κ2) is 4.92. The van der Waals surface area contributed by atoms with Gasteiger partial charge in [-0.25, -0.2) is 0 Å². The number of piperidine rings is 1. The molecule has 0 unspecified atom stereocenters. The van der Waals surface area contributed by atoms with E-state index in [4.69, 9.17) is 10.3 Å². The summed E-state index contributed by atoms with van der Waals surface area (Å²) in [4.78, 5) is 23.4. The molecule has 14 heavy (non-hydrogen) atoms. The second-order valence-corrected chi connectivity index (χ2v) is 3.33. The van der Waals surface area contributed by atoms with E-state index in [0.29, 0.717) is 25.9 Å². The highest BCUT2D eigenvalue weighted by atomic mass is 16.5. The molecule has 0 aromatic rings. The Morgan fingerprint density at radius 1 is 1.36 bits per heavy atom. The maximum Gasteiger partial charge on any atom is 0.306 e. The lowest BCUT2D eigenvalue weighted by Gasteiger charge is -2.29. The third kappa shape index (κ3) is 2.68. The average molecular weight is 202 g/mol. The van der Waals surface area contributed by atoms with Crippen molar-refractivity contribution in [2.75, 3.05) is 19.6 Å². The number of likely N-dealkylation sites (tertiary alicyclic amines) is 1. The molecule has 0 bridgehead atoms. The Balaban J connectivity index is 2.35. The number of carbonyl (C=O) groups is 2. The SMILES string of the molecule is O=C(O)C1CCN(C(=O)CNO)CC1. The Bertz CT molecular complexity index is 223. The number of carboxylic acid groups (broad SMARTS) is 1. The number of hydrogen-bond acceptors (Lipinski definition) is 4. The topological polar surface area (TPSA) is 89.9 Å². The van der Waals surface area contributed by atoms with Gasteiger partial charge in [-0.1, -0.05) is 0 Å². The Morgan fingerprint density at radius 2 is 1.93 bits per heavy atom. The van der Waals surface area contributed by atoms with Crippen molar-refractivity contribution in [1.29, 1.82) is 0 Å². The van der Waals surface area contributed by atoms with E-state index in [9.17, 15) is 9.59 Å². The first-order chi connectivity index (χ1) is 6.65. The van der Waals surface area contributed by atoms with E-state index in [1.807, 2.05) is 0 Å². The highest BCUT2D eigenvalue weighted by Crippen LogP contribution is 2.16. The summed E-state index contributed by atoms with van der Waals surface area (Å²) in [5.74, 6) is -1.32. The predicted octanol–water partition coefficient (Wildman–Crippen LogP) is -0.712. The third-order valence-corrected chi connectivity index (χ3v) is 2.43. The Labute approximate surface area is 81.5 Å². The molecule has 0 spiro atoms. The van der Waals surface area contributed by atoms with Gasteiger partial charge >= 0.3 is 5.97 Å². The zero-order valence-electron chi connectivity index (χ0n) is 7.77. The standard InChI is InChI=1S/C8H14N2O4/c11-7(5-9-14)10-3-1-6(2-4-10)8(12)13/h6,9,14H,1-5H2,(H,12,13). The first-order valence-corrected chi connectivity index (χ1v) is 4.52. The van der Waals surface area contributed by atoms with Crippen LogP contribution in [-0.2, 0) is 9.59 Å². The van der Waals surface area contributed by atoms with Crippen LogP contribution in [0, 0.1) is 5.92 Å². The van der Waals surface area contributed by atoms with E-state index >= 15 is 0 Å². The van der Waals surface area contributed by atoms with Gasteiger partial charge in [-0.05, 0) is 12.8 Å². The molecule has 0 atom stereocenters. The molecule has 6 heteroatoms. The first-order valence-electron chi connectivity index (χ1n) is 4.52. The lowest BCUT2D eigenvalue weighted by atomic mass is 9.97. The smallest absolute Gasteiger partial charge is 0.306 e. The molecule has 0 aromatic carbocycles. The van der Waals surface area contributed by atoms with Gasteiger partial charge in [-0.15, -0.1) is 0 Å². The number of rotatable bonds is 3. The molecule has 80 valence electrons. The lowest BCUT2D eigenvalue weighted by molar-refractivity contribution is -0.145. The molecule has 1 aliphatic rings. The number of hydrogen-bond donors (Lipinski definition) is 3. The van der Waals surface area contributed by atoms with E-state index in [0.717, 1.165) is 0 Å². The maximum atomic E-state index is 11.2. The second-order valence-electron chi connectivity index (χ2n) is 3.33. The summed E-state index contributed by atoms with van der Waals surface area (Å²) in [6.07, 6.45) is 0.985. The Hall–Kier alpha value is -1.14. The zero-order chi connectivity index (χ0) is 10.6. The molecule has 1 aliphatic heterocycles. The van der Waals surface area contributed by atoms with Gasteiger partial charge < -0.3 is 15.2 Å². The summed E-state index contributed by atoms with van der Waals surface area (Å²) in [5, 5.41) is 17.0. The van der Waals surface area contributed by atoms with Crippen molar-refractivity contribution in [2.24, 2.45) is 5.92 Å². The summed E-state index contributed by atoms with van der Waals surface area (Å²) < 4.78 is 0. The number of nitrogens with one attached hydrogen (secondary N) is 1. The van der Waals surface area contributed by atoms with Crippen molar-refractivity contribution in [3.63, 3.8) is 0 Å². The van der Waals surface area contributed by atoms with Crippen molar-refractivity contribution < 1.29 is 19.9 Å². The minimum atomic E-state index is -0.794. The number of hydroxylamine groups is 1. The predicted molar refractivity (Wildman–Crippen MR) is 46.7 cm³/mol. The van der Waals surface area contributed by atoms with E-state index in [-0.39, 0.29) is 18.4 Å². The minimum absolute atomic E-state index is 0.113. The molecule has 1 fully saturated rings. The number of aliphatic carboxylic acids is 1. The number of carbonyl (C=O) groups excluding carboxylic acids is 1. The van der Waals surface area contributed by atoms with Gasteiger partial charge in [-0.3, -0.25) is 9.59 Å². The number of carboxylic acids is 1. The van der Waals surface area contributed by atoms with Gasteiger partial charge in [0.15, 0.2) is 0 Å². The maximum absolute atomic E-state index is 11.2. The van der Waals surface area contributed by atoms with Crippen LogP contribution in [0.3, 0.4) is 0 Å². The summed E-state index contributed by atoms with van der Waals surface area (Å²) in [5.41, 5.74) is 1.79. The van der Waals surface area contributed by atoms with Crippen LogP contribution >= 0.6 is 0 Å². The van der Waals surface area contributed by atoms with Gasteiger partial charge in [0.05, 0.1) is 12.5 Å². The Morgan fingerprint density at radius 3 is 2.36 bits per heavy atom. The Kier molecular flexibility index (Phi) is 3.84. The third-order valence-electron chi connectivity index (χ3n) is 2.43. The van der Waals surface area contributed by atoms with Gasteiger partial charge in [0.1, 0.15) is 0 Å². The van der Waals surface area contributed by atoms with Crippen molar-refractivity contribution >= 4 is 11.9 Å². The normalized spacial score (nSPS) is 18.2. The molecule has 3 N–H and O–H groups in total. The molecular formula is C8H14N2O4. The number of amides is 1. The van der Waals surface area contributed by atoms with Crippen LogP contribution < -0.4 is 5.48 Å². The molecule has 6 nitrogen and oxygen atoms in total. The highest BCUT2D eigenvalue weighted by Gasteiger charge is 2.26. The monoisotopic (exact) mass is 202 g/mol. The van der Waals surface area contributed by atoms with Gasteiger partial charge in [0.25, 0.3) is 0 Å². The largest absolute Gasteiger partial charge is 0.481 e. The summed E-state index contributed by atoms with van der Waals surface area (Å²) >= 11 is 0. The van der Waals surface area contributed by atoms with Crippen molar-refractivity contribution in [1.82, 2.24) is 10.4 Å². The quantitative estimate of drug-likeness (QED) is 0.526. The van der Waals surface area contributed by atoms with Crippen LogP contribution in [0.4, 0.5) is 0 Å². The van der Waals surface area contributed by atoms with Crippen LogP contribution in [0.2, 0.25) is 0 Å². The molecular weight excluding hydrogens is 188 g/mol. The first kappa shape index (κ1) is 10.9. The molecule has 1 saturated heterocycles. The van der Waals surface area contributed by atoms with E-state index in [2.05, 4.69) is 0 Å². The minimum Gasteiger partial charge on any atom is -0.481 e. The lowest BCUT2D eigenvalue weighted by Crippen LogP contribution is -2.43. The molecule has 0 saturated carbocycles. The zero-order valence-corrected chi connectivity index (χ0v) is 7.77. The van der Waals surface area contributed by atoms with Crippen LogP contribution in [0.1, 0.15) is 12.8 Å². The van der Waals surface area contributed by atoms with Crippen LogP contribution in [-0.4, -0.2) is 46.7 Å². The van der Waals surface area contributed by atoms with Crippen molar-refractivity contribution in [3.05, 3.63) is 0 Å².